The summed E-state index contributed by atoms with van der Waals surface area (Å²) in [7, 11) is 2.95. The number of nitrogens with one attached hydrogen (secondary N) is 1. The van der Waals surface area contributed by atoms with Crippen LogP contribution >= 0.6 is 0 Å². The number of fused-ring (bicyclic) bond motifs is 1. The van der Waals surface area contributed by atoms with Crippen LogP contribution in [0, 0.1) is 5.92 Å². The van der Waals surface area contributed by atoms with Crippen molar-refractivity contribution in [3.8, 4) is 0 Å². The highest BCUT2D eigenvalue weighted by Gasteiger charge is 2.16. The third-order valence-electron chi connectivity index (χ3n) is 6.29. The van der Waals surface area contributed by atoms with Crippen molar-refractivity contribution in [2.75, 3.05) is 13.1 Å². The molecule has 0 bridgehead atoms. The number of aromatic nitrogens is 3. The topological polar surface area (TPSA) is 89.2 Å². The second kappa shape index (κ2) is 9.08. The minimum atomic E-state index is -0.480. The Kier molecular flexibility index (Phi) is 6.23. The molecule has 8 nitrogen and oxygen atoms in total. The summed E-state index contributed by atoms with van der Waals surface area (Å²) in [5.74, 6) is 0.469. The number of hydrogen-bond acceptors (Lipinski definition) is 5. The van der Waals surface area contributed by atoms with E-state index in [0.29, 0.717) is 11.9 Å². The van der Waals surface area contributed by atoms with E-state index in [2.05, 4.69) is 34.3 Å². The van der Waals surface area contributed by atoms with E-state index in [9.17, 15) is 14.4 Å². The fourth-order valence-corrected chi connectivity index (χ4v) is 4.09. The molecular formula is C24H29N5O3. The van der Waals surface area contributed by atoms with Crippen molar-refractivity contribution in [1.82, 2.24) is 24.3 Å². The average molecular weight is 436 g/mol. The van der Waals surface area contributed by atoms with Gasteiger partial charge in [0, 0.05) is 27.2 Å². The highest BCUT2D eigenvalue weighted by Crippen LogP contribution is 2.18. The molecule has 4 rings (SSSR count). The van der Waals surface area contributed by atoms with Crippen molar-refractivity contribution in [2.45, 2.75) is 32.9 Å². The molecule has 0 radical (unpaired) electrons. The van der Waals surface area contributed by atoms with E-state index in [1.807, 2.05) is 12.1 Å². The molecule has 1 N–H and O–H groups in total. The van der Waals surface area contributed by atoms with Gasteiger partial charge in [-0.15, -0.1) is 0 Å². The van der Waals surface area contributed by atoms with Gasteiger partial charge in [-0.2, -0.15) is 0 Å². The minimum absolute atomic E-state index is 0.164. The fraction of sp³-hybridized carbons (Fsp3) is 0.417. The molecule has 2 aromatic heterocycles. The second-order valence-electron chi connectivity index (χ2n) is 8.73. The van der Waals surface area contributed by atoms with Crippen LogP contribution in [0.15, 0.2) is 46.0 Å². The summed E-state index contributed by atoms with van der Waals surface area (Å²) in [6.07, 6.45) is 2.52. The van der Waals surface area contributed by atoms with Crippen LogP contribution in [0.3, 0.4) is 0 Å². The summed E-state index contributed by atoms with van der Waals surface area (Å²) in [5, 5.41) is 3.16. The summed E-state index contributed by atoms with van der Waals surface area (Å²) in [5.41, 5.74) is 1.72. The number of rotatable bonds is 5. The number of likely N-dealkylation sites (tertiary alicyclic amines) is 1. The molecular weight excluding hydrogens is 406 g/mol. The van der Waals surface area contributed by atoms with Crippen LogP contribution in [-0.4, -0.2) is 38.0 Å². The van der Waals surface area contributed by atoms with E-state index in [1.165, 1.54) is 49.2 Å². The molecule has 32 heavy (non-hydrogen) atoms. The third-order valence-corrected chi connectivity index (χ3v) is 6.29. The maximum Gasteiger partial charge on any atom is 0.332 e. The van der Waals surface area contributed by atoms with E-state index in [4.69, 9.17) is 0 Å². The van der Waals surface area contributed by atoms with Gasteiger partial charge in [0.2, 0.25) is 0 Å². The van der Waals surface area contributed by atoms with Gasteiger partial charge in [-0.05, 0) is 55.1 Å². The van der Waals surface area contributed by atoms with Gasteiger partial charge in [0.25, 0.3) is 11.5 Å². The van der Waals surface area contributed by atoms with Crippen LogP contribution in [0.25, 0.3) is 11.0 Å². The van der Waals surface area contributed by atoms with Gasteiger partial charge >= 0.3 is 5.69 Å². The summed E-state index contributed by atoms with van der Waals surface area (Å²) in [4.78, 5) is 43.8. The van der Waals surface area contributed by atoms with Crippen molar-refractivity contribution in [2.24, 2.45) is 20.0 Å². The van der Waals surface area contributed by atoms with Crippen LogP contribution in [0.1, 0.15) is 41.4 Å². The van der Waals surface area contributed by atoms with Crippen molar-refractivity contribution in [3.63, 3.8) is 0 Å². The molecule has 168 valence electrons. The Labute approximate surface area is 186 Å². The van der Waals surface area contributed by atoms with Crippen molar-refractivity contribution < 1.29 is 4.79 Å². The molecule has 1 fully saturated rings. The summed E-state index contributed by atoms with van der Waals surface area (Å²) in [6.45, 7) is 5.94. The minimum Gasteiger partial charge on any atom is -0.347 e. The van der Waals surface area contributed by atoms with Gasteiger partial charge in [-0.25, -0.2) is 9.78 Å². The molecule has 0 aliphatic carbocycles. The van der Waals surface area contributed by atoms with Crippen LogP contribution < -0.4 is 16.6 Å². The maximum absolute atomic E-state index is 12.6. The Hall–Kier alpha value is -3.26. The number of hydrogen-bond donors (Lipinski definition) is 1. The van der Waals surface area contributed by atoms with Crippen molar-refractivity contribution in [1.29, 1.82) is 0 Å². The quantitative estimate of drug-likeness (QED) is 0.660. The van der Waals surface area contributed by atoms with E-state index in [1.54, 1.807) is 0 Å². The SMILES string of the molecule is CC1CCN(Cc2ccc(CNC(=O)c3ccc4c(=O)n(C)c(=O)n(C)c4n3)cc2)CC1. The smallest absolute Gasteiger partial charge is 0.332 e. The monoisotopic (exact) mass is 435 g/mol. The first-order valence-corrected chi connectivity index (χ1v) is 11.0. The lowest BCUT2D eigenvalue weighted by atomic mass is 9.99. The number of carbonyl (C=O) groups excluding carboxylic acids is 1. The van der Waals surface area contributed by atoms with Crippen LogP contribution in [0.2, 0.25) is 0 Å². The molecule has 0 saturated carbocycles. The average Bonchev–Trinajstić information content (AvgIpc) is 2.81. The van der Waals surface area contributed by atoms with Gasteiger partial charge in [0.1, 0.15) is 11.3 Å². The lowest BCUT2D eigenvalue weighted by Crippen LogP contribution is -2.37. The highest BCUT2D eigenvalue weighted by molar-refractivity contribution is 5.94. The van der Waals surface area contributed by atoms with Gasteiger partial charge < -0.3 is 5.32 Å². The van der Waals surface area contributed by atoms with Crippen molar-refractivity contribution >= 4 is 16.9 Å². The Bertz CT molecular complexity index is 1250. The first-order chi connectivity index (χ1) is 15.3. The lowest BCUT2D eigenvalue weighted by molar-refractivity contribution is 0.0946. The molecule has 1 aliphatic rings. The van der Waals surface area contributed by atoms with E-state index < -0.39 is 11.2 Å². The molecule has 8 heteroatoms. The first-order valence-electron chi connectivity index (χ1n) is 11.0. The molecule has 1 aromatic carbocycles. The van der Waals surface area contributed by atoms with Gasteiger partial charge in [0.05, 0.1) is 5.39 Å². The third kappa shape index (κ3) is 4.50. The van der Waals surface area contributed by atoms with Gasteiger partial charge in [-0.3, -0.25) is 23.6 Å². The number of carbonyl (C=O) groups is 1. The number of nitrogens with zero attached hydrogens (tertiary/aromatic N) is 4. The fourth-order valence-electron chi connectivity index (χ4n) is 4.09. The van der Waals surface area contributed by atoms with Crippen LogP contribution in [0.5, 0.6) is 0 Å². The largest absolute Gasteiger partial charge is 0.347 e. The predicted octanol–water partition coefficient (Wildman–Crippen LogP) is 1.79. The summed E-state index contributed by atoms with van der Waals surface area (Å²) in [6, 6.07) is 11.3. The molecule has 1 amide bonds. The number of piperidine rings is 1. The Morgan fingerprint density at radius 3 is 2.34 bits per heavy atom. The Morgan fingerprint density at radius 2 is 1.66 bits per heavy atom. The van der Waals surface area contributed by atoms with E-state index >= 15 is 0 Å². The highest BCUT2D eigenvalue weighted by atomic mass is 16.2. The Morgan fingerprint density at radius 1 is 1.00 bits per heavy atom. The molecule has 0 atom stereocenters. The standard InChI is InChI=1S/C24H29N5O3/c1-16-10-12-29(13-11-16)15-18-6-4-17(5-7-18)14-25-22(30)20-9-8-19-21(26-20)27(2)24(32)28(3)23(19)31/h4-9,16H,10-15H2,1-3H3,(H,25,30). The predicted molar refractivity (Wildman–Crippen MR) is 124 cm³/mol. The molecule has 0 spiro atoms. The molecule has 3 aromatic rings. The zero-order chi connectivity index (χ0) is 22.8. The Balaban J connectivity index is 1.41. The van der Waals surface area contributed by atoms with Gasteiger partial charge in [-0.1, -0.05) is 31.2 Å². The number of amides is 1. The lowest BCUT2D eigenvalue weighted by Gasteiger charge is -2.30. The van der Waals surface area contributed by atoms with Crippen molar-refractivity contribution in [3.05, 3.63) is 74.1 Å². The molecule has 3 heterocycles. The van der Waals surface area contributed by atoms with Crippen LogP contribution in [0.4, 0.5) is 0 Å². The number of aryl methyl sites for hydroxylation is 1. The van der Waals surface area contributed by atoms with E-state index in [0.717, 1.165) is 35.7 Å². The summed E-state index contributed by atoms with van der Waals surface area (Å²) < 4.78 is 2.30. The molecule has 0 unspecified atom stereocenters. The zero-order valence-electron chi connectivity index (χ0n) is 18.8. The number of pyridine rings is 1. The van der Waals surface area contributed by atoms with Crippen LogP contribution in [-0.2, 0) is 27.2 Å². The van der Waals surface area contributed by atoms with Gasteiger partial charge in [0.15, 0.2) is 0 Å². The molecule has 1 aliphatic heterocycles. The maximum atomic E-state index is 12.6. The zero-order valence-corrected chi connectivity index (χ0v) is 18.8. The van der Waals surface area contributed by atoms with E-state index in [-0.39, 0.29) is 17.2 Å². The first kappa shape index (κ1) is 22.0. The normalized spacial score (nSPS) is 15.2. The second-order valence-corrected chi connectivity index (χ2v) is 8.73. The molecule has 1 saturated heterocycles. The summed E-state index contributed by atoms with van der Waals surface area (Å²) >= 11 is 0. The number of benzene rings is 1.